The van der Waals surface area contributed by atoms with Crippen molar-refractivity contribution in [3.63, 3.8) is 0 Å². The van der Waals surface area contributed by atoms with Gasteiger partial charge in [0.15, 0.2) is 0 Å². The third-order valence-corrected chi connectivity index (χ3v) is 6.66. The fourth-order valence-electron chi connectivity index (χ4n) is 4.62. The molecule has 6 heteroatoms. The highest BCUT2D eigenvalue weighted by Crippen LogP contribution is 2.28. The van der Waals surface area contributed by atoms with Crippen molar-refractivity contribution in [1.29, 1.82) is 0 Å². The predicted molar refractivity (Wildman–Crippen MR) is 124 cm³/mol. The van der Waals surface area contributed by atoms with Gasteiger partial charge in [0.1, 0.15) is 0 Å². The Bertz CT molecular complexity index is 966. The lowest BCUT2D eigenvalue weighted by atomic mass is 9.94. The van der Waals surface area contributed by atoms with E-state index in [1.54, 1.807) is 4.90 Å². The van der Waals surface area contributed by atoms with Gasteiger partial charge in [0.2, 0.25) is 17.7 Å². The number of nitrogens with zero attached hydrogens (tertiary/aromatic N) is 2. The fraction of sp³-hybridized carbons (Fsp3) is 0.423. The second-order valence-corrected chi connectivity index (χ2v) is 8.98. The van der Waals surface area contributed by atoms with Crippen LogP contribution in [0.1, 0.15) is 43.4 Å². The molecule has 2 aliphatic rings. The number of carbonyl (C=O) groups excluding carboxylic acids is 3. The van der Waals surface area contributed by atoms with Crippen molar-refractivity contribution in [2.45, 2.75) is 39.2 Å². The van der Waals surface area contributed by atoms with E-state index in [1.807, 2.05) is 73.3 Å². The minimum atomic E-state index is -0.313. The van der Waals surface area contributed by atoms with Crippen molar-refractivity contribution < 1.29 is 14.4 Å². The number of hydrogen-bond donors (Lipinski definition) is 1. The lowest BCUT2D eigenvalue weighted by Gasteiger charge is -2.33. The maximum Gasteiger partial charge on any atom is 0.228 e. The SMILES string of the molecule is Cc1ccc(N2C[C@H](C(=O)N3CCC(C(=O)N[C@@H](C)c4ccccc4)CC3)CC2=O)cc1. The number of hydrogen-bond acceptors (Lipinski definition) is 3. The van der Waals surface area contributed by atoms with Crippen molar-refractivity contribution in [3.05, 3.63) is 65.7 Å². The molecule has 2 heterocycles. The number of amides is 3. The molecule has 0 aromatic heterocycles. The van der Waals surface area contributed by atoms with Gasteiger partial charge in [-0.05, 0) is 44.4 Å². The van der Waals surface area contributed by atoms with Crippen LogP contribution in [-0.2, 0) is 14.4 Å². The maximum absolute atomic E-state index is 13.1. The molecule has 6 nitrogen and oxygen atoms in total. The number of rotatable bonds is 5. The lowest BCUT2D eigenvalue weighted by Crippen LogP contribution is -2.45. The van der Waals surface area contributed by atoms with Gasteiger partial charge < -0.3 is 15.1 Å². The molecule has 2 atom stereocenters. The Hall–Kier alpha value is -3.15. The minimum Gasteiger partial charge on any atom is -0.349 e. The molecule has 2 saturated heterocycles. The Labute approximate surface area is 189 Å². The topological polar surface area (TPSA) is 69.7 Å². The van der Waals surface area contributed by atoms with Gasteiger partial charge in [-0.25, -0.2) is 0 Å². The molecule has 0 radical (unpaired) electrons. The highest BCUT2D eigenvalue weighted by atomic mass is 16.2. The number of aryl methyl sites for hydroxylation is 1. The molecule has 0 aliphatic carbocycles. The molecule has 4 rings (SSSR count). The summed E-state index contributed by atoms with van der Waals surface area (Å²) in [6.45, 7) is 5.55. The fourth-order valence-corrected chi connectivity index (χ4v) is 4.62. The molecule has 1 N–H and O–H groups in total. The molecule has 3 amide bonds. The van der Waals surface area contributed by atoms with Crippen molar-refractivity contribution in [1.82, 2.24) is 10.2 Å². The maximum atomic E-state index is 13.1. The zero-order chi connectivity index (χ0) is 22.7. The molecule has 32 heavy (non-hydrogen) atoms. The van der Waals surface area contributed by atoms with Crippen molar-refractivity contribution in [2.75, 3.05) is 24.5 Å². The molecule has 0 unspecified atom stereocenters. The van der Waals surface area contributed by atoms with Crippen LogP contribution in [0.5, 0.6) is 0 Å². The predicted octanol–water partition coefficient (Wildman–Crippen LogP) is 3.46. The zero-order valence-corrected chi connectivity index (χ0v) is 18.8. The number of benzene rings is 2. The number of piperidine rings is 1. The molecular weight excluding hydrogens is 402 g/mol. The first-order chi connectivity index (χ1) is 15.4. The Morgan fingerprint density at radius 1 is 0.969 bits per heavy atom. The van der Waals surface area contributed by atoms with Crippen LogP contribution in [0.2, 0.25) is 0 Å². The van der Waals surface area contributed by atoms with E-state index in [4.69, 9.17) is 0 Å². The van der Waals surface area contributed by atoms with E-state index in [0.29, 0.717) is 32.5 Å². The van der Waals surface area contributed by atoms with Gasteiger partial charge in [0.25, 0.3) is 0 Å². The minimum absolute atomic E-state index is 0.00336. The Kier molecular flexibility index (Phi) is 6.58. The van der Waals surface area contributed by atoms with Gasteiger partial charge in [-0.2, -0.15) is 0 Å². The Balaban J connectivity index is 1.28. The van der Waals surface area contributed by atoms with Crippen LogP contribution in [0.15, 0.2) is 54.6 Å². The average molecular weight is 434 g/mol. The molecule has 168 valence electrons. The highest BCUT2D eigenvalue weighted by molar-refractivity contribution is 6.00. The quantitative estimate of drug-likeness (QED) is 0.785. The molecule has 0 saturated carbocycles. The summed E-state index contributed by atoms with van der Waals surface area (Å²) in [5.74, 6) is -0.317. The van der Waals surface area contributed by atoms with Crippen LogP contribution in [0.3, 0.4) is 0 Å². The first kappa shape index (κ1) is 22.1. The highest BCUT2D eigenvalue weighted by Gasteiger charge is 2.38. The van der Waals surface area contributed by atoms with E-state index in [9.17, 15) is 14.4 Å². The van der Waals surface area contributed by atoms with E-state index in [-0.39, 0.29) is 42.0 Å². The van der Waals surface area contributed by atoms with Crippen LogP contribution in [0.4, 0.5) is 5.69 Å². The lowest BCUT2D eigenvalue weighted by molar-refractivity contribution is -0.139. The summed E-state index contributed by atoms with van der Waals surface area (Å²) in [5.41, 5.74) is 3.06. The number of carbonyl (C=O) groups is 3. The van der Waals surface area contributed by atoms with Crippen LogP contribution >= 0.6 is 0 Å². The summed E-state index contributed by atoms with van der Waals surface area (Å²) in [6, 6.07) is 17.7. The molecule has 0 spiro atoms. The number of likely N-dealkylation sites (tertiary alicyclic amines) is 1. The monoisotopic (exact) mass is 433 g/mol. The standard InChI is InChI=1S/C26H31N3O3/c1-18-8-10-23(11-9-18)29-17-22(16-24(29)30)26(32)28-14-12-21(13-15-28)25(31)27-19(2)20-6-4-3-5-7-20/h3-11,19,21-22H,12-17H2,1-2H3,(H,27,31)/t19-,22+/m0/s1. The Morgan fingerprint density at radius 2 is 1.62 bits per heavy atom. The van der Waals surface area contributed by atoms with E-state index >= 15 is 0 Å². The normalized spacial score (nSPS) is 20.3. The number of anilines is 1. The smallest absolute Gasteiger partial charge is 0.228 e. The third-order valence-electron chi connectivity index (χ3n) is 6.66. The third kappa shape index (κ3) is 4.85. The van der Waals surface area contributed by atoms with Crippen LogP contribution in [0.25, 0.3) is 0 Å². The molecule has 2 aliphatic heterocycles. The van der Waals surface area contributed by atoms with Crippen molar-refractivity contribution in [3.8, 4) is 0 Å². The summed E-state index contributed by atoms with van der Waals surface area (Å²) >= 11 is 0. The Morgan fingerprint density at radius 3 is 2.28 bits per heavy atom. The molecule has 2 fully saturated rings. The van der Waals surface area contributed by atoms with E-state index in [1.165, 1.54) is 0 Å². The zero-order valence-electron chi connectivity index (χ0n) is 18.8. The van der Waals surface area contributed by atoms with Gasteiger partial charge >= 0.3 is 0 Å². The first-order valence-electron chi connectivity index (χ1n) is 11.4. The van der Waals surface area contributed by atoms with Crippen LogP contribution in [0, 0.1) is 18.8 Å². The van der Waals surface area contributed by atoms with Crippen LogP contribution in [-0.4, -0.2) is 42.3 Å². The molecule has 2 aromatic carbocycles. The first-order valence-corrected chi connectivity index (χ1v) is 11.4. The second-order valence-electron chi connectivity index (χ2n) is 8.98. The summed E-state index contributed by atoms with van der Waals surface area (Å²) in [7, 11) is 0. The van der Waals surface area contributed by atoms with Gasteiger partial charge in [-0.1, -0.05) is 48.0 Å². The van der Waals surface area contributed by atoms with Gasteiger partial charge in [-0.3, -0.25) is 14.4 Å². The van der Waals surface area contributed by atoms with Gasteiger partial charge in [0, 0.05) is 37.7 Å². The van der Waals surface area contributed by atoms with E-state index in [2.05, 4.69) is 5.32 Å². The molecular formula is C26H31N3O3. The molecule has 2 aromatic rings. The van der Waals surface area contributed by atoms with Crippen molar-refractivity contribution in [2.24, 2.45) is 11.8 Å². The summed E-state index contributed by atoms with van der Waals surface area (Å²) in [6.07, 6.45) is 1.56. The summed E-state index contributed by atoms with van der Waals surface area (Å²) < 4.78 is 0. The van der Waals surface area contributed by atoms with E-state index in [0.717, 1.165) is 16.8 Å². The number of nitrogens with one attached hydrogen (secondary N) is 1. The van der Waals surface area contributed by atoms with Crippen LogP contribution < -0.4 is 10.2 Å². The van der Waals surface area contributed by atoms with Crippen molar-refractivity contribution >= 4 is 23.4 Å². The second kappa shape index (κ2) is 9.55. The van der Waals surface area contributed by atoms with Gasteiger partial charge in [-0.15, -0.1) is 0 Å². The molecule has 0 bridgehead atoms. The average Bonchev–Trinajstić information content (AvgIpc) is 3.21. The van der Waals surface area contributed by atoms with Gasteiger partial charge in [0.05, 0.1) is 12.0 Å². The van der Waals surface area contributed by atoms with E-state index < -0.39 is 0 Å². The largest absolute Gasteiger partial charge is 0.349 e. The summed E-state index contributed by atoms with van der Waals surface area (Å²) in [5, 5.41) is 3.11. The summed E-state index contributed by atoms with van der Waals surface area (Å²) in [4.78, 5) is 41.8.